The standard InChI is InChI=1S/C22H34N4O/c1-4-10-26-19(3)21(14-23-26)15-24-11-12-25(22(17-24)9-13-27)16-20-8-6-5-7-18(20)2/h5-8,14,22,27H,4,9-13,15-17H2,1-3H3/t22-/m1/s1. The van der Waals surface area contributed by atoms with Gasteiger partial charge in [0.25, 0.3) is 0 Å². The van der Waals surface area contributed by atoms with Crippen molar-refractivity contribution in [3.05, 3.63) is 52.8 Å². The second-order valence-corrected chi connectivity index (χ2v) is 7.78. The Labute approximate surface area is 163 Å². The molecule has 1 aliphatic rings. The van der Waals surface area contributed by atoms with Gasteiger partial charge in [-0.2, -0.15) is 5.10 Å². The zero-order chi connectivity index (χ0) is 19.2. The quantitative estimate of drug-likeness (QED) is 0.776. The molecule has 0 radical (unpaired) electrons. The van der Waals surface area contributed by atoms with Crippen molar-refractivity contribution in [2.45, 2.75) is 59.3 Å². The number of aryl methyl sites for hydroxylation is 2. The second kappa shape index (κ2) is 9.49. The van der Waals surface area contributed by atoms with E-state index in [0.29, 0.717) is 6.04 Å². The molecular formula is C22H34N4O. The lowest BCUT2D eigenvalue weighted by molar-refractivity contribution is 0.0497. The Bertz CT molecular complexity index is 727. The molecule has 0 amide bonds. The van der Waals surface area contributed by atoms with Gasteiger partial charge in [0.05, 0.1) is 6.20 Å². The summed E-state index contributed by atoms with van der Waals surface area (Å²) in [6, 6.07) is 9.03. The Morgan fingerprint density at radius 2 is 1.93 bits per heavy atom. The van der Waals surface area contributed by atoms with Crippen LogP contribution in [-0.4, -0.2) is 57.0 Å². The van der Waals surface area contributed by atoms with Gasteiger partial charge in [0.2, 0.25) is 0 Å². The molecule has 1 atom stereocenters. The van der Waals surface area contributed by atoms with Crippen LogP contribution in [-0.2, 0) is 19.6 Å². The number of hydrogen-bond donors (Lipinski definition) is 1. The minimum absolute atomic E-state index is 0.246. The van der Waals surface area contributed by atoms with Crippen LogP contribution in [0.3, 0.4) is 0 Å². The Kier molecular flexibility index (Phi) is 7.05. The van der Waals surface area contributed by atoms with Gasteiger partial charge in [-0.25, -0.2) is 0 Å². The van der Waals surface area contributed by atoms with E-state index in [2.05, 4.69) is 64.6 Å². The molecule has 0 bridgehead atoms. The van der Waals surface area contributed by atoms with Crippen molar-refractivity contribution in [1.29, 1.82) is 0 Å². The summed E-state index contributed by atoms with van der Waals surface area (Å²) in [4.78, 5) is 5.07. The maximum atomic E-state index is 9.58. The van der Waals surface area contributed by atoms with E-state index >= 15 is 0 Å². The van der Waals surface area contributed by atoms with Gasteiger partial charge in [-0.3, -0.25) is 14.5 Å². The van der Waals surface area contributed by atoms with Gasteiger partial charge in [0.15, 0.2) is 0 Å². The lowest BCUT2D eigenvalue weighted by atomic mass is 10.0. The molecule has 148 valence electrons. The fourth-order valence-electron chi connectivity index (χ4n) is 4.06. The van der Waals surface area contributed by atoms with E-state index in [1.54, 1.807) is 0 Å². The Hall–Kier alpha value is -1.69. The van der Waals surface area contributed by atoms with Crippen molar-refractivity contribution in [3.63, 3.8) is 0 Å². The molecule has 3 rings (SSSR count). The fourth-order valence-corrected chi connectivity index (χ4v) is 4.06. The van der Waals surface area contributed by atoms with Gasteiger partial charge in [-0.1, -0.05) is 31.2 Å². The van der Waals surface area contributed by atoms with Crippen molar-refractivity contribution < 1.29 is 5.11 Å². The van der Waals surface area contributed by atoms with E-state index in [-0.39, 0.29) is 6.61 Å². The minimum atomic E-state index is 0.246. The Morgan fingerprint density at radius 1 is 1.11 bits per heavy atom. The SMILES string of the molecule is CCCn1ncc(CN2CCN(Cc3ccccc3C)[C@H](CCO)C2)c1C. The number of aromatic nitrogens is 2. The molecule has 0 unspecified atom stereocenters. The van der Waals surface area contributed by atoms with Crippen molar-refractivity contribution in [2.75, 3.05) is 26.2 Å². The first kappa shape index (κ1) is 20.1. The first-order valence-electron chi connectivity index (χ1n) is 10.3. The molecule has 2 heterocycles. The smallest absolute Gasteiger partial charge is 0.0537 e. The molecule has 1 N–H and O–H groups in total. The maximum Gasteiger partial charge on any atom is 0.0537 e. The first-order valence-corrected chi connectivity index (χ1v) is 10.3. The highest BCUT2D eigenvalue weighted by molar-refractivity contribution is 5.25. The molecule has 1 fully saturated rings. The highest BCUT2D eigenvalue weighted by Crippen LogP contribution is 2.20. The molecule has 2 aromatic rings. The average molecular weight is 371 g/mol. The number of rotatable bonds is 8. The molecular weight excluding hydrogens is 336 g/mol. The summed E-state index contributed by atoms with van der Waals surface area (Å²) in [5, 5.41) is 14.1. The summed E-state index contributed by atoms with van der Waals surface area (Å²) in [6.07, 6.45) is 3.97. The number of benzene rings is 1. The Balaban J connectivity index is 1.64. The second-order valence-electron chi connectivity index (χ2n) is 7.78. The van der Waals surface area contributed by atoms with E-state index in [1.165, 1.54) is 22.4 Å². The lowest BCUT2D eigenvalue weighted by Gasteiger charge is -2.41. The number of nitrogens with zero attached hydrogens (tertiary/aromatic N) is 4. The van der Waals surface area contributed by atoms with Crippen LogP contribution in [0.4, 0.5) is 0 Å². The third-order valence-electron chi connectivity index (χ3n) is 5.82. The molecule has 0 spiro atoms. The third kappa shape index (κ3) is 4.98. The van der Waals surface area contributed by atoms with Gasteiger partial charge in [-0.15, -0.1) is 0 Å². The van der Waals surface area contributed by atoms with E-state index < -0.39 is 0 Å². The molecule has 27 heavy (non-hydrogen) atoms. The van der Waals surface area contributed by atoms with E-state index in [1.807, 2.05) is 6.20 Å². The third-order valence-corrected chi connectivity index (χ3v) is 5.82. The summed E-state index contributed by atoms with van der Waals surface area (Å²) in [6.45, 7) is 12.8. The number of piperazine rings is 1. The Morgan fingerprint density at radius 3 is 2.67 bits per heavy atom. The summed E-state index contributed by atoms with van der Waals surface area (Å²) in [5.74, 6) is 0. The van der Waals surface area contributed by atoms with Crippen LogP contribution in [0.5, 0.6) is 0 Å². The maximum absolute atomic E-state index is 9.58. The van der Waals surface area contributed by atoms with Crippen LogP contribution in [0.25, 0.3) is 0 Å². The van der Waals surface area contributed by atoms with Crippen LogP contribution in [0.15, 0.2) is 30.5 Å². The zero-order valence-electron chi connectivity index (χ0n) is 17.1. The molecule has 5 nitrogen and oxygen atoms in total. The number of aliphatic hydroxyl groups is 1. The predicted octanol–water partition coefficient (Wildman–Crippen LogP) is 2.98. The summed E-state index contributed by atoms with van der Waals surface area (Å²) < 4.78 is 2.12. The van der Waals surface area contributed by atoms with Gasteiger partial charge < -0.3 is 5.11 Å². The van der Waals surface area contributed by atoms with Crippen molar-refractivity contribution in [1.82, 2.24) is 19.6 Å². The zero-order valence-corrected chi connectivity index (χ0v) is 17.1. The number of aliphatic hydroxyl groups excluding tert-OH is 1. The van der Waals surface area contributed by atoms with Crippen LogP contribution >= 0.6 is 0 Å². The molecule has 1 aromatic carbocycles. The highest BCUT2D eigenvalue weighted by Gasteiger charge is 2.27. The summed E-state index contributed by atoms with van der Waals surface area (Å²) >= 11 is 0. The predicted molar refractivity (Wildman–Crippen MR) is 110 cm³/mol. The molecule has 0 saturated carbocycles. The van der Waals surface area contributed by atoms with Crippen LogP contribution < -0.4 is 0 Å². The first-order chi connectivity index (χ1) is 13.1. The lowest BCUT2D eigenvalue weighted by Crippen LogP contribution is -2.52. The van der Waals surface area contributed by atoms with Crippen LogP contribution in [0.1, 0.15) is 42.1 Å². The molecule has 0 aliphatic carbocycles. The van der Waals surface area contributed by atoms with Gasteiger partial charge in [0.1, 0.15) is 0 Å². The van der Waals surface area contributed by atoms with Gasteiger partial charge in [-0.05, 0) is 37.8 Å². The molecule has 1 saturated heterocycles. The van der Waals surface area contributed by atoms with Crippen molar-refractivity contribution >= 4 is 0 Å². The normalized spacial score (nSPS) is 18.9. The molecule has 5 heteroatoms. The van der Waals surface area contributed by atoms with Crippen molar-refractivity contribution in [2.24, 2.45) is 0 Å². The van der Waals surface area contributed by atoms with E-state index in [0.717, 1.165) is 52.1 Å². The largest absolute Gasteiger partial charge is 0.396 e. The highest BCUT2D eigenvalue weighted by atomic mass is 16.3. The van der Waals surface area contributed by atoms with Gasteiger partial charge >= 0.3 is 0 Å². The average Bonchev–Trinajstić information content (AvgIpc) is 3.00. The van der Waals surface area contributed by atoms with E-state index in [9.17, 15) is 5.11 Å². The topological polar surface area (TPSA) is 44.5 Å². The van der Waals surface area contributed by atoms with Crippen molar-refractivity contribution in [3.8, 4) is 0 Å². The molecule has 1 aliphatic heterocycles. The van der Waals surface area contributed by atoms with E-state index in [4.69, 9.17) is 0 Å². The monoisotopic (exact) mass is 370 g/mol. The summed E-state index contributed by atoms with van der Waals surface area (Å²) in [5.41, 5.74) is 5.36. The van der Waals surface area contributed by atoms with Crippen LogP contribution in [0, 0.1) is 13.8 Å². The molecule has 1 aromatic heterocycles. The van der Waals surface area contributed by atoms with Crippen LogP contribution in [0.2, 0.25) is 0 Å². The number of hydrogen-bond acceptors (Lipinski definition) is 4. The fraction of sp³-hybridized carbons (Fsp3) is 0.591. The minimum Gasteiger partial charge on any atom is -0.396 e. The summed E-state index contributed by atoms with van der Waals surface area (Å²) in [7, 11) is 0. The van der Waals surface area contributed by atoms with Gasteiger partial charge in [0, 0.05) is 63.2 Å².